The van der Waals surface area contributed by atoms with E-state index >= 15 is 0 Å². The maximum absolute atomic E-state index is 12.1. The number of sulfone groups is 1. The smallest absolute Gasteiger partial charge is 0.191 e. The topological polar surface area (TPSA) is 55.4 Å². The van der Waals surface area contributed by atoms with Crippen molar-refractivity contribution in [3.05, 3.63) is 23.8 Å². The standard InChI is InChI=1S/C12H19NO3S/c1-9(2)13-8-17(14,15)12-6-5-11(16-4)7-10(12)3/h5-7,9,13H,8H2,1-4H3. The van der Waals surface area contributed by atoms with E-state index in [0.29, 0.717) is 16.2 Å². The van der Waals surface area contributed by atoms with Gasteiger partial charge in [-0.15, -0.1) is 0 Å². The first-order valence-corrected chi connectivity index (χ1v) is 7.13. The minimum Gasteiger partial charge on any atom is -0.497 e. The van der Waals surface area contributed by atoms with Crippen molar-refractivity contribution in [3.63, 3.8) is 0 Å². The Morgan fingerprint density at radius 1 is 1.35 bits per heavy atom. The lowest BCUT2D eigenvalue weighted by Gasteiger charge is -2.11. The van der Waals surface area contributed by atoms with Gasteiger partial charge in [-0.2, -0.15) is 0 Å². The molecule has 1 aromatic carbocycles. The zero-order valence-electron chi connectivity index (χ0n) is 10.6. The van der Waals surface area contributed by atoms with Crippen LogP contribution >= 0.6 is 0 Å². The molecular formula is C12H19NO3S. The molecule has 96 valence electrons. The van der Waals surface area contributed by atoms with Crippen molar-refractivity contribution in [1.82, 2.24) is 5.32 Å². The van der Waals surface area contributed by atoms with Crippen LogP contribution < -0.4 is 10.1 Å². The number of benzene rings is 1. The molecule has 0 spiro atoms. The molecule has 0 fully saturated rings. The maximum atomic E-state index is 12.1. The summed E-state index contributed by atoms with van der Waals surface area (Å²) in [6.07, 6.45) is 0. The third kappa shape index (κ3) is 3.71. The van der Waals surface area contributed by atoms with E-state index in [1.807, 2.05) is 13.8 Å². The highest BCUT2D eigenvalue weighted by Gasteiger charge is 2.17. The van der Waals surface area contributed by atoms with Gasteiger partial charge in [-0.25, -0.2) is 8.42 Å². The second kappa shape index (κ2) is 5.51. The molecule has 4 nitrogen and oxygen atoms in total. The molecule has 5 heteroatoms. The molecule has 0 aliphatic heterocycles. The average molecular weight is 257 g/mol. The lowest BCUT2D eigenvalue weighted by molar-refractivity contribution is 0.414. The van der Waals surface area contributed by atoms with Gasteiger partial charge in [0.25, 0.3) is 0 Å². The van der Waals surface area contributed by atoms with Crippen LogP contribution in [-0.4, -0.2) is 27.4 Å². The highest BCUT2D eigenvalue weighted by atomic mass is 32.2. The molecule has 0 aliphatic carbocycles. The zero-order valence-corrected chi connectivity index (χ0v) is 11.5. The van der Waals surface area contributed by atoms with Crippen molar-refractivity contribution in [1.29, 1.82) is 0 Å². The summed E-state index contributed by atoms with van der Waals surface area (Å²) in [5, 5.41) is 2.92. The molecule has 0 saturated heterocycles. The van der Waals surface area contributed by atoms with Gasteiger partial charge in [0.2, 0.25) is 0 Å². The first kappa shape index (κ1) is 14.0. The third-order valence-corrected chi connectivity index (χ3v) is 4.07. The van der Waals surface area contributed by atoms with Gasteiger partial charge in [0, 0.05) is 6.04 Å². The quantitative estimate of drug-likeness (QED) is 0.873. The van der Waals surface area contributed by atoms with Crippen molar-refractivity contribution in [3.8, 4) is 5.75 Å². The van der Waals surface area contributed by atoms with Crippen LogP contribution in [0.2, 0.25) is 0 Å². The maximum Gasteiger partial charge on any atom is 0.191 e. The number of hydrogen-bond donors (Lipinski definition) is 1. The van der Waals surface area contributed by atoms with Crippen LogP contribution in [0.15, 0.2) is 23.1 Å². The second-order valence-corrected chi connectivity index (χ2v) is 6.21. The summed E-state index contributed by atoms with van der Waals surface area (Å²) in [6.45, 7) is 5.59. The molecule has 0 saturated carbocycles. The van der Waals surface area contributed by atoms with E-state index in [1.54, 1.807) is 32.2 Å². The molecule has 1 N–H and O–H groups in total. The second-order valence-electron chi connectivity index (χ2n) is 4.25. The van der Waals surface area contributed by atoms with E-state index < -0.39 is 9.84 Å². The number of hydrogen-bond acceptors (Lipinski definition) is 4. The summed E-state index contributed by atoms with van der Waals surface area (Å²) in [5.74, 6) is 0.621. The summed E-state index contributed by atoms with van der Waals surface area (Å²) >= 11 is 0. The van der Waals surface area contributed by atoms with Crippen LogP contribution in [0.3, 0.4) is 0 Å². The van der Waals surface area contributed by atoms with Gasteiger partial charge < -0.3 is 10.1 Å². The minimum atomic E-state index is -3.28. The number of nitrogens with one attached hydrogen (secondary N) is 1. The van der Waals surface area contributed by atoms with E-state index in [4.69, 9.17) is 4.74 Å². The summed E-state index contributed by atoms with van der Waals surface area (Å²) in [7, 11) is -1.72. The van der Waals surface area contributed by atoms with Crippen molar-refractivity contribution in [2.75, 3.05) is 13.0 Å². The molecule has 0 bridgehead atoms. The van der Waals surface area contributed by atoms with Gasteiger partial charge in [0.1, 0.15) is 11.6 Å². The SMILES string of the molecule is COc1ccc(S(=O)(=O)CNC(C)C)c(C)c1. The average Bonchev–Trinajstić information content (AvgIpc) is 2.26. The lowest BCUT2D eigenvalue weighted by atomic mass is 10.2. The fourth-order valence-corrected chi connectivity index (χ4v) is 2.99. The van der Waals surface area contributed by atoms with Crippen LogP contribution in [-0.2, 0) is 9.84 Å². The number of rotatable bonds is 5. The molecule has 0 heterocycles. The number of ether oxygens (including phenoxy) is 1. The number of aryl methyl sites for hydroxylation is 1. The van der Waals surface area contributed by atoms with Crippen molar-refractivity contribution < 1.29 is 13.2 Å². The Bertz CT molecular complexity index is 481. The fourth-order valence-electron chi connectivity index (χ4n) is 1.45. The zero-order chi connectivity index (χ0) is 13.1. The van der Waals surface area contributed by atoms with E-state index in [2.05, 4.69) is 5.32 Å². The van der Waals surface area contributed by atoms with Crippen molar-refractivity contribution in [2.45, 2.75) is 31.7 Å². The molecule has 0 unspecified atom stereocenters. The Morgan fingerprint density at radius 3 is 2.47 bits per heavy atom. The van der Waals surface area contributed by atoms with E-state index in [0.717, 1.165) is 0 Å². The molecule has 0 radical (unpaired) electrons. The summed E-state index contributed by atoms with van der Waals surface area (Å²) in [5.41, 5.74) is 0.704. The Kier molecular flexibility index (Phi) is 4.54. The van der Waals surface area contributed by atoms with Crippen LogP contribution in [0.5, 0.6) is 5.75 Å². The van der Waals surface area contributed by atoms with Crippen LogP contribution in [0, 0.1) is 6.92 Å². The molecule has 17 heavy (non-hydrogen) atoms. The van der Waals surface area contributed by atoms with Gasteiger partial charge in [0.15, 0.2) is 9.84 Å². The van der Waals surface area contributed by atoms with Gasteiger partial charge in [-0.05, 0) is 44.5 Å². The Labute approximate surface area is 103 Å². The first-order valence-electron chi connectivity index (χ1n) is 5.47. The summed E-state index contributed by atoms with van der Waals surface area (Å²) < 4.78 is 29.2. The van der Waals surface area contributed by atoms with Crippen LogP contribution in [0.25, 0.3) is 0 Å². The molecule has 1 aromatic rings. The van der Waals surface area contributed by atoms with Gasteiger partial charge in [-0.3, -0.25) is 0 Å². The largest absolute Gasteiger partial charge is 0.497 e. The monoisotopic (exact) mass is 257 g/mol. The molecule has 0 atom stereocenters. The molecule has 1 rings (SSSR count). The van der Waals surface area contributed by atoms with Crippen molar-refractivity contribution >= 4 is 9.84 Å². The number of methoxy groups -OCH3 is 1. The minimum absolute atomic E-state index is 0.0438. The lowest BCUT2D eigenvalue weighted by Crippen LogP contribution is -2.29. The van der Waals surface area contributed by atoms with Crippen LogP contribution in [0.4, 0.5) is 0 Å². The van der Waals surface area contributed by atoms with Gasteiger partial charge >= 0.3 is 0 Å². The van der Waals surface area contributed by atoms with Gasteiger partial charge in [-0.1, -0.05) is 0 Å². The first-order chi connectivity index (χ1) is 7.86. The van der Waals surface area contributed by atoms with Crippen molar-refractivity contribution in [2.24, 2.45) is 0 Å². The normalized spacial score (nSPS) is 11.8. The van der Waals surface area contributed by atoms with E-state index in [9.17, 15) is 8.42 Å². The van der Waals surface area contributed by atoms with E-state index in [1.165, 1.54) is 0 Å². The Hall–Kier alpha value is -1.07. The highest BCUT2D eigenvalue weighted by molar-refractivity contribution is 7.91. The summed E-state index contributed by atoms with van der Waals surface area (Å²) in [6, 6.07) is 5.12. The predicted octanol–water partition coefficient (Wildman–Crippen LogP) is 1.73. The Balaban J connectivity index is 2.99. The molecule has 0 aliphatic rings. The fraction of sp³-hybridized carbons (Fsp3) is 0.500. The van der Waals surface area contributed by atoms with Gasteiger partial charge in [0.05, 0.1) is 12.0 Å². The Morgan fingerprint density at radius 2 is 2.00 bits per heavy atom. The molecular weight excluding hydrogens is 238 g/mol. The highest BCUT2D eigenvalue weighted by Crippen LogP contribution is 2.21. The van der Waals surface area contributed by atoms with E-state index in [-0.39, 0.29) is 11.9 Å². The molecule has 0 aromatic heterocycles. The van der Waals surface area contributed by atoms with Crippen LogP contribution in [0.1, 0.15) is 19.4 Å². The summed E-state index contributed by atoms with van der Waals surface area (Å²) in [4.78, 5) is 0.353. The third-order valence-electron chi connectivity index (χ3n) is 2.40. The molecule has 0 amide bonds. The predicted molar refractivity (Wildman–Crippen MR) is 68.1 cm³/mol.